The Hall–Kier alpha value is -3.64. The lowest BCUT2D eigenvalue weighted by Gasteiger charge is -2.38. The first-order valence-corrected chi connectivity index (χ1v) is 12.1. The number of rotatable bonds is 7. The van der Waals surface area contributed by atoms with Crippen LogP contribution in [0.1, 0.15) is 43.1 Å². The minimum absolute atomic E-state index is 0.156. The third kappa shape index (κ3) is 4.66. The second-order valence-corrected chi connectivity index (χ2v) is 9.37. The Labute approximate surface area is 205 Å². The highest BCUT2D eigenvalue weighted by atomic mass is 16.5. The van der Waals surface area contributed by atoms with Crippen molar-refractivity contribution in [3.8, 4) is 28.7 Å². The van der Waals surface area contributed by atoms with E-state index in [2.05, 4.69) is 11.8 Å². The molecule has 0 aromatic heterocycles. The van der Waals surface area contributed by atoms with Crippen molar-refractivity contribution in [3.05, 3.63) is 77.4 Å². The molecule has 0 unspecified atom stereocenters. The van der Waals surface area contributed by atoms with Crippen LogP contribution in [-0.4, -0.2) is 46.5 Å². The lowest BCUT2D eigenvalue weighted by Crippen LogP contribution is -2.47. The minimum atomic E-state index is -0.433. The highest BCUT2D eigenvalue weighted by Crippen LogP contribution is 2.48. The largest absolute Gasteiger partial charge is 0.508 e. The van der Waals surface area contributed by atoms with Gasteiger partial charge in [-0.05, 0) is 72.0 Å². The number of ether oxygens (including phenoxy) is 2. The fourth-order valence-corrected chi connectivity index (χ4v) is 4.88. The molecular weight excluding hydrogens is 442 g/mol. The molecule has 2 aliphatic rings. The highest BCUT2D eigenvalue weighted by molar-refractivity contribution is 5.96. The molecule has 182 valence electrons. The third-order valence-corrected chi connectivity index (χ3v) is 7.03. The summed E-state index contributed by atoms with van der Waals surface area (Å²) in [5, 5.41) is 30.0. The van der Waals surface area contributed by atoms with E-state index < -0.39 is 6.10 Å². The first-order valence-electron chi connectivity index (χ1n) is 12.1. The molecular formula is C29H31NO5. The second kappa shape index (κ2) is 9.55. The van der Waals surface area contributed by atoms with E-state index in [-0.39, 0.29) is 17.2 Å². The fraction of sp³-hybridized carbons (Fsp3) is 0.310. The Kier molecular flexibility index (Phi) is 6.31. The molecule has 1 atom stereocenters. The van der Waals surface area contributed by atoms with Crippen molar-refractivity contribution in [3.63, 3.8) is 0 Å². The number of aromatic hydroxyl groups is 3. The van der Waals surface area contributed by atoms with Gasteiger partial charge in [-0.15, -0.1) is 0 Å². The van der Waals surface area contributed by atoms with Crippen LogP contribution in [-0.2, 0) is 0 Å². The Balaban J connectivity index is 1.40. The van der Waals surface area contributed by atoms with Crippen molar-refractivity contribution < 1.29 is 24.8 Å². The first-order chi connectivity index (χ1) is 16.9. The zero-order valence-electron chi connectivity index (χ0n) is 20.1. The standard InChI is InChI=1S/C29H31NO5/c1-3-19-16-30(17-19)12-13-34-23-8-4-20(5-9-23)29-28(21-6-10-25(32)26(33)14-21)18(2)24-15-22(31)7-11-27(24)35-29/h4-11,14-15,19,29,31-33H,3,12-13,16-17H2,1-2H3/t29-/m0/s1. The van der Waals surface area contributed by atoms with Gasteiger partial charge in [-0.3, -0.25) is 4.90 Å². The quantitative estimate of drug-likeness (QED) is 0.388. The van der Waals surface area contributed by atoms with Crippen molar-refractivity contribution in [1.29, 1.82) is 0 Å². The van der Waals surface area contributed by atoms with E-state index in [0.717, 1.165) is 46.0 Å². The molecule has 1 saturated heterocycles. The Morgan fingerprint density at radius 2 is 1.71 bits per heavy atom. The van der Waals surface area contributed by atoms with Gasteiger partial charge in [0.15, 0.2) is 11.5 Å². The zero-order valence-corrected chi connectivity index (χ0v) is 20.1. The summed E-state index contributed by atoms with van der Waals surface area (Å²) in [6.45, 7) is 8.14. The van der Waals surface area contributed by atoms with E-state index >= 15 is 0 Å². The van der Waals surface area contributed by atoms with Crippen LogP contribution in [0.15, 0.2) is 60.7 Å². The van der Waals surface area contributed by atoms with E-state index in [9.17, 15) is 15.3 Å². The lowest BCUT2D eigenvalue weighted by atomic mass is 9.86. The molecule has 1 fully saturated rings. The molecule has 0 aliphatic carbocycles. The number of phenolic OH excluding ortho intramolecular Hbond substituents is 3. The summed E-state index contributed by atoms with van der Waals surface area (Å²) >= 11 is 0. The van der Waals surface area contributed by atoms with E-state index in [0.29, 0.717) is 12.4 Å². The Morgan fingerprint density at radius 3 is 2.43 bits per heavy atom. The number of fused-ring (bicyclic) bond motifs is 1. The van der Waals surface area contributed by atoms with Gasteiger partial charge >= 0.3 is 0 Å². The van der Waals surface area contributed by atoms with Gasteiger partial charge in [0.25, 0.3) is 0 Å². The van der Waals surface area contributed by atoms with E-state index in [1.807, 2.05) is 31.2 Å². The molecule has 6 heteroatoms. The maximum absolute atomic E-state index is 10.1. The molecule has 3 N–H and O–H groups in total. The summed E-state index contributed by atoms with van der Waals surface area (Å²) < 4.78 is 12.4. The van der Waals surface area contributed by atoms with Crippen LogP contribution < -0.4 is 9.47 Å². The maximum atomic E-state index is 10.1. The number of nitrogens with zero attached hydrogens (tertiary/aromatic N) is 1. The number of likely N-dealkylation sites (tertiary alicyclic amines) is 1. The predicted octanol–water partition coefficient (Wildman–Crippen LogP) is 5.59. The molecule has 0 spiro atoms. The average Bonchev–Trinajstić information content (AvgIpc) is 2.83. The molecule has 0 amide bonds. The summed E-state index contributed by atoms with van der Waals surface area (Å²) in [5.74, 6) is 2.11. The molecule has 5 rings (SSSR count). The Bertz CT molecular complexity index is 1240. The lowest BCUT2D eigenvalue weighted by molar-refractivity contribution is 0.0806. The van der Waals surface area contributed by atoms with Crippen molar-refractivity contribution in [1.82, 2.24) is 4.90 Å². The van der Waals surface area contributed by atoms with Crippen LogP contribution in [0.2, 0.25) is 0 Å². The van der Waals surface area contributed by atoms with E-state index in [4.69, 9.17) is 9.47 Å². The summed E-state index contributed by atoms with van der Waals surface area (Å²) in [6, 6.07) is 17.7. The summed E-state index contributed by atoms with van der Waals surface area (Å²) in [5.41, 5.74) is 4.25. The van der Waals surface area contributed by atoms with Gasteiger partial charge in [-0.1, -0.05) is 31.5 Å². The average molecular weight is 474 g/mol. The van der Waals surface area contributed by atoms with Crippen LogP contribution in [0.25, 0.3) is 11.1 Å². The van der Waals surface area contributed by atoms with Crippen LogP contribution >= 0.6 is 0 Å². The third-order valence-electron chi connectivity index (χ3n) is 7.03. The van der Waals surface area contributed by atoms with Crippen LogP contribution in [0.4, 0.5) is 0 Å². The summed E-state index contributed by atoms with van der Waals surface area (Å²) in [7, 11) is 0. The number of benzene rings is 3. The molecule has 3 aromatic rings. The Morgan fingerprint density at radius 1 is 0.943 bits per heavy atom. The highest BCUT2D eigenvalue weighted by Gasteiger charge is 2.30. The van der Waals surface area contributed by atoms with E-state index in [1.54, 1.807) is 24.3 Å². The topological polar surface area (TPSA) is 82.4 Å². The van der Waals surface area contributed by atoms with Gasteiger partial charge < -0.3 is 24.8 Å². The number of allylic oxidation sites excluding steroid dienone is 1. The van der Waals surface area contributed by atoms with Gasteiger partial charge in [0.2, 0.25) is 0 Å². The first kappa shape index (κ1) is 23.1. The minimum Gasteiger partial charge on any atom is -0.508 e. The van der Waals surface area contributed by atoms with Crippen molar-refractivity contribution in [2.75, 3.05) is 26.2 Å². The second-order valence-electron chi connectivity index (χ2n) is 9.37. The predicted molar refractivity (Wildman–Crippen MR) is 136 cm³/mol. The van der Waals surface area contributed by atoms with Gasteiger partial charge in [-0.25, -0.2) is 0 Å². The molecule has 2 heterocycles. The fourth-order valence-electron chi connectivity index (χ4n) is 4.88. The normalized spacial score (nSPS) is 18.1. The summed E-state index contributed by atoms with van der Waals surface area (Å²) in [4.78, 5) is 2.42. The van der Waals surface area contributed by atoms with Crippen molar-refractivity contribution in [2.45, 2.75) is 26.4 Å². The van der Waals surface area contributed by atoms with Crippen molar-refractivity contribution in [2.24, 2.45) is 5.92 Å². The molecule has 0 radical (unpaired) electrons. The van der Waals surface area contributed by atoms with Crippen LogP contribution in [0.5, 0.6) is 28.7 Å². The van der Waals surface area contributed by atoms with Gasteiger partial charge in [0.05, 0.1) is 0 Å². The summed E-state index contributed by atoms with van der Waals surface area (Å²) in [6.07, 6.45) is 0.810. The van der Waals surface area contributed by atoms with Crippen LogP contribution in [0, 0.1) is 5.92 Å². The van der Waals surface area contributed by atoms with Gasteiger partial charge in [-0.2, -0.15) is 0 Å². The molecule has 3 aromatic carbocycles. The smallest absolute Gasteiger partial charge is 0.158 e. The maximum Gasteiger partial charge on any atom is 0.158 e. The monoisotopic (exact) mass is 473 g/mol. The SMILES string of the molecule is CCC1CN(CCOc2ccc([C@@H]3Oc4ccc(O)cc4C(C)=C3c3ccc(O)c(O)c3)cc2)C1. The number of hydrogen-bond donors (Lipinski definition) is 3. The molecule has 0 bridgehead atoms. The molecule has 6 nitrogen and oxygen atoms in total. The van der Waals surface area contributed by atoms with Gasteiger partial charge in [0.1, 0.15) is 30.0 Å². The number of hydrogen-bond acceptors (Lipinski definition) is 6. The number of phenols is 3. The molecule has 2 aliphatic heterocycles. The zero-order chi connectivity index (χ0) is 24.5. The van der Waals surface area contributed by atoms with Gasteiger partial charge in [0, 0.05) is 30.8 Å². The van der Waals surface area contributed by atoms with E-state index in [1.165, 1.54) is 31.6 Å². The van der Waals surface area contributed by atoms with Crippen LogP contribution in [0.3, 0.4) is 0 Å². The van der Waals surface area contributed by atoms with Crippen molar-refractivity contribution >= 4 is 11.1 Å². The molecule has 0 saturated carbocycles. The molecule has 35 heavy (non-hydrogen) atoms.